The molecule has 2 aromatic carbocycles. The number of hydrogen-bond donors (Lipinski definition) is 2. The van der Waals surface area contributed by atoms with E-state index in [0.717, 1.165) is 5.56 Å². The monoisotopic (exact) mass is 328 g/mol. The van der Waals surface area contributed by atoms with Gasteiger partial charge >= 0.3 is 6.03 Å². The van der Waals surface area contributed by atoms with E-state index in [4.69, 9.17) is 9.47 Å². The Morgan fingerprint density at radius 1 is 1.00 bits per heavy atom. The van der Waals surface area contributed by atoms with Crippen LogP contribution in [0.5, 0.6) is 11.5 Å². The fourth-order valence-corrected chi connectivity index (χ4v) is 2.31. The first-order valence-electron chi connectivity index (χ1n) is 8.12. The molecule has 0 aliphatic carbocycles. The molecule has 2 aromatic rings. The molecule has 0 aliphatic rings. The summed E-state index contributed by atoms with van der Waals surface area (Å²) >= 11 is 0. The van der Waals surface area contributed by atoms with E-state index >= 15 is 0 Å². The number of ether oxygens (including phenoxy) is 2. The van der Waals surface area contributed by atoms with E-state index in [2.05, 4.69) is 10.6 Å². The SMILES string of the molecule is CCOc1ccc(NC(=O)NCc2cccc(C)c2)cc1OCC. The molecule has 0 spiro atoms. The zero-order chi connectivity index (χ0) is 17.4. The lowest BCUT2D eigenvalue weighted by Crippen LogP contribution is -2.28. The minimum atomic E-state index is -0.261. The Bertz CT molecular complexity index is 686. The predicted octanol–water partition coefficient (Wildman–Crippen LogP) is 4.11. The summed E-state index contributed by atoms with van der Waals surface area (Å²) in [6, 6.07) is 13.1. The molecular weight excluding hydrogens is 304 g/mol. The lowest BCUT2D eigenvalue weighted by molar-refractivity contribution is 0.251. The number of aryl methyl sites for hydroxylation is 1. The molecule has 128 valence electrons. The highest BCUT2D eigenvalue weighted by Crippen LogP contribution is 2.30. The molecular formula is C19H24N2O3. The first kappa shape index (κ1) is 17.7. The van der Waals surface area contributed by atoms with E-state index in [1.807, 2.05) is 45.0 Å². The zero-order valence-electron chi connectivity index (χ0n) is 14.4. The molecule has 0 heterocycles. The minimum Gasteiger partial charge on any atom is -0.490 e. The van der Waals surface area contributed by atoms with E-state index in [0.29, 0.717) is 36.9 Å². The summed E-state index contributed by atoms with van der Waals surface area (Å²) in [6.07, 6.45) is 0. The molecule has 0 bridgehead atoms. The van der Waals surface area contributed by atoms with Crippen molar-refractivity contribution in [3.05, 3.63) is 53.6 Å². The molecule has 0 atom stereocenters. The van der Waals surface area contributed by atoms with Crippen LogP contribution in [0.2, 0.25) is 0 Å². The molecule has 0 saturated carbocycles. The van der Waals surface area contributed by atoms with Crippen molar-refractivity contribution >= 4 is 11.7 Å². The number of anilines is 1. The number of hydrogen-bond acceptors (Lipinski definition) is 3. The van der Waals surface area contributed by atoms with Crippen LogP contribution in [0.4, 0.5) is 10.5 Å². The first-order valence-corrected chi connectivity index (χ1v) is 8.12. The van der Waals surface area contributed by atoms with Crippen molar-refractivity contribution in [3.63, 3.8) is 0 Å². The second kappa shape index (κ2) is 8.82. The lowest BCUT2D eigenvalue weighted by Gasteiger charge is -2.13. The summed E-state index contributed by atoms with van der Waals surface area (Å²) in [5, 5.41) is 5.65. The second-order valence-corrected chi connectivity index (χ2v) is 5.32. The van der Waals surface area contributed by atoms with E-state index in [-0.39, 0.29) is 6.03 Å². The number of carbonyl (C=O) groups excluding carboxylic acids is 1. The van der Waals surface area contributed by atoms with Crippen molar-refractivity contribution in [2.24, 2.45) is 0 Å². The predicted molar refractivity (Wildman–Crippen MR) is 95.8 cm³/mol. The van der Waals surface area contributed by atoms with Gasteiger partial charge < -0.3 is 20.1 Å². The van der Waals surface area contributed by atoms with Gasteiger partial charge in [0.15, 0.2) is 11.5 Å². The molecule has 5 nitrogen and oxygen atoms in total. The van der Waals surface area contributed by atoms with Gasteiger partial charge in [-0.05, 0) is 38.5 Å². The highest BCUT2D eigenvalue weighted by molar-refractivity contribution is 5.89. The summed E-state index contributed by atoms with van der Waals surface area (Å²) in [5.74, 6) is 1.29. The number of rotatable bonds is 7. The Hall–Kier alpha value is -2.69. The Balaban J connectivity index is 1.96. The maximum atomic E-state index is 12.1. The molecule has 24 heavy (non-hydrogen) atoms. The van der Waals surface area contributed by atoms with Crippen molar-refractivity contribution in [3.8, 4) is 11.5 Å². The highest BCUT2D eigenvalue weighted by Gasteiger charge is 2.08. The number of nitrogens with one attached hydrogen (secondary N) is 2. The maximum Gasteiger partial charge on any atom is 0.319 e. The quantitative estimate of drug-likeness (QED) is 0.804. The molecule has 0 radical (unpaired) electrons. The average Bonchev–Trinajstić information content (AvgIpc) is 2.56. The largest absolute Gasteiger partial charge is 0.490 e. The maximum absolute atomic E-state index is 12.1. The van der Waals surface area contributed by atoms with Crippen LogP contribution in [-0.2, 0) is 6.54 Å². The zero-order valence-corrected chi connectivity index (χ0v) is 14.4. The standard InChI is InChI=1S/C19H24N2O3/c1-4-23-17-10-9-16(12-18(17)24-5-2)21-19(22)20-13-15-8-6-7-14(3)11-15/h6-12H,4-5,13H2,1-3H3,(H2,20,21,22). The molecule has 2 rings (SSSR count). The van der Waals surface area contributed by atoms with Crippen molar-refractivity contribution in [1.82, 2.24) is 5.32 Å². The number of urea groups is 1. The molecule has 0 aliphatic heterocycles. The summed E-state index contributed by atoms with van der Waals surface area (Å²) < 4.78 is 11.1. The fourth-order valence-electron chi connectivity index (χ4n) is 2.31. The van der Waals surface area contributed by atoms with Crippen LogP contribution in [0.1, 0.15) is 25.0 Å². The molecule has 0 fully saturated rings. The number of carbonyl (C=O) groups is 1. The van der Waals surface area contributed by atoms with Crippen LogP contribution >= 0.6 is 0 Å². The van der Waals surface area contributed by atoms with Gasteiger partial charge in [0.25, 0.3) is 0 Å². The topological polar surface area (TPSA) is 59.6 Å². The second-order valence-electron chi connectivity index (χ2n) is 5.32. The normalized spacial score (nSPS) is 10.1. The molecule has 0 aromatic heterocycles. The lowest BCUT2D eigenvalue weighted by atomic mass is 10.1. The van der Waals surface area contributed by atoms with Gasteiger partial charge in [-0.15, -0.1) is 0 Å². The smallest absolute Gasteiger partial charge is 0.319 e. The van der Waals surface area contributed by atoms with E-state index < -0.39 is 0 Å². The Kier molecular flexibility index (Phi) is 6.49. The van der Waals surface area contributed by atoms with Crippen LogP contribution in [-0.4, -0.2) is 19.2 Å². The summed E-state index contributed by atoms with van der Waals surface area (Å²) in [5.41, 5.74) is 2.89. The van der Waals surface area contributed by atoms with Gasteiger partial charge in [0, 0.05) is 18.3 Å². The third-order valence-electron chi connectivity index (χ3n) is 3.34. The number of benzene rings is 2. The molecule has 5 heteroatoms. The van der Waals surface area contributed by atoms with Gasteiger partial charge in [0.05, 0.1) is 13.2 Å². The molecule has 2 N–H and O–H groups in total. The average molecular weight is 328 g/mol. The molecule has 0 unspecified atom stereocenters. The minimum absolute atomic E-state index is 0.261. The van der Waals surface area contributed by atoms with Crippen LogP contribution < -0.4 is 20.1 Å². The van der Waals surface area contributed by atoms with Crippen molar-refractivity contribution < 1.29 is 14.3 Å². The summed E-state index contributed by atoms with van der Waals surface area (Å²) in [7, 11) is 0. The van der Waals surface area contributed by atoms with Gasteiger partial charge in [0.2, 0.25) is 0 Å². The van der Waals surface area contributed by atoms with E-state index in [1.54, 1.807) is 18.2 Å². The van der Waals surface area contributed by atoms with E-state index in [1.165, 1.54) is 5.56 Å². The Morgan fingerprint density at radius 2 is 1.75 bits per heavy atom. The van der Waals surface area contributed by atoms with Crippen LogP contribution in [0.25, 0.3) is 0 Å². The van der Waals surface area contributed by atoms with Crippen LogP contribution in [0.3, 0.4) is 0 Å². The first-order chi connectivity index (χ1) is 11.6. The molecule has 2 amide bonds. The Morgan fingerprint density at radius 3 is 2.46 bits per heavy atom. The van der Waals surface area contributed by atoms with Gasteiger partial charge in [-0.1, -0.05) is 29.8 Å². The van der Waals surface area contributed by atoms with Gasteiger partial charge in [-0.3, -0.25) is 0 Å². The van der Waals surface area contributed by atoms with Crippen molar-refractivity contribution in [1.29, 1.82) is 0 Å². The van der Waals surface area contributed by atoms with Gasteiger partial charge in [-0.2, -0.15) is 0 Å². The summed E-state index contributed by atoms with van der Waals surface area (Å²) in [6.45, 7) is 7.42. The highest BCUT2D eigenvalue weighted by atomic mass is 16.5. The Labute approximate surface area is 143 Å². The van der Waals surface area contributed by atoms with Crippen LogP contribution in [0, 0.1) is 6.92 Å². The molecule has 0 saturated heterocycles. The summed E-state index contributed by atoms with van der Waals surface area (Å²) in [4.78, 5) is 12.1. The third-order valence-corrected chi connectivity index (χ3v) is 3.34. The fraction of sp³-hybridized carbons (Fsp3) is 0.316. The third kappa shape index (κ3) is 5.19. The van der Waals surface area contributed by atoms with Crippen LogP contribution in [0.15, 0.2) is 42.5 Å². The van der Waals surface area contributed by atoms with Gasteiger partial charge in [0.1, 0.15) is 0 Å². The van der Waals surface area contributed by atoms with E-state index in [9.17, 15) is 4.79 Å². The van der Waals surface area contributed by atoms with Crippen molar-refractivity contribution in [2.75, 3.05) is 18.5 Å². The van der Waals surface area contributed by atoms with Crippen molar-refractivity contribution in [2.45, 2.75) is 27.3 Å². The van der Waals surface area contributed by atoms with Gasteiger partial charge in [-0.25, -0.2) is 4.79 Å². The number of amides is 2.